The van der Waals surface area contributed by atoms with E-state index in [0.29, 0.717) is 12.3 Å². The Morgan fingerprint density at radius 3 is 2.17 bits per heavy atom. The minimum Gasteiger partial charge on any atom is -0.349 e. The zero-order valence-electron chi connectivity index (χ0n) is 15.2. The second kappa shape index (κ2) is 9.90. The van der Waals surface area contributed by atoms with Crippen molar-refractivity contribution in [2.45, 2.75) is 96.4 Å². The van der Waals surface area contributed by atoms with E-state index >= 15 is 0 Å². The molecule has 0 aliphatic heterocycles. The van der Waals surface area contributed by atoms with E-state index in [1.54, 1.807) is 0 Å². The van der Waals surface area contributed by atoms with Gasteiger partial charge in [0.1, 0.15) is 0 Å². The van der Waals surface area contributed by atoms with E-state index in [-0.39, 0.29) is 12.0 Å². The minimum atomic E-state index is -0.643. The summed E-state index contributed by atoms with van der Waals surface area (Å²) >= 11 is 0. The number of carbonyl (C=O) groups is 2. The standard InChI is InChI=1S/C19H34N2O3/c1-2-15(13-16-9-5-3-6-10-16)14-18(22)24-21(19(20)23)17-11-7-4-8-12-17/h15-17H,2-14H2,1H3,(H2,20,23). The number of nitrogens with zero attached hydrogens (tertiary/aromatic N) is 1. The van der Waals surface area contributed by atoms with Gasteiger partial charge in [0.05, 0.1) is 12.5 Å². The van der Waals surface area contributed by atoms with E-state index in [4.69, 9.17) is 10.6 Å². The number of primary amides is 1. The monoisotopic (exact) mass is 338 g/mol. The van der Waals surface area contributed by atoms with Crippen LogP contribution in [0.3, 0.4) is 0 Å². The number of carbonyl (C=O) groups excluding carboxylic acids is 2. The number of hydroxylamine groups is 2. The maximum Gasteiger partial charge on any atom is 0.348 e. The number of hydrogen-bond acceptors (Lipinski definition) is 3. The molecule has 2 amide bonds. The van der Waals surface area contributed by atoms with Crippen LogP contribution in [0.15, 0.2) is 0 Å². The van der Waals surface area contributed by atoms with Crippen LogP contribution in [0.4, 0.5) is 4.79 Å². The molecule has 0 bridgehead atoms. The first-order valence-electron chi connectivity index (χ1n) is 9.89. The average molecular weight is 338 g/mol. The molecule has 2 aliphatic rings. The van der Waals surface area contributed by atoms with Crippen molar-refractivity contribution in [3.05, 3.63) is 0 Å². The number of urea groups is 1. The van der Waals surface area contributed by atoms with Crippen molar-refractivity contribution in [2.24, 2.45) is 17.6 Å². The van der Waals surface area contributed by atoms with Gasteiger partial charge in [-0.25, -0.2) is 9.59 Å². The van der Waals surface area contributed by atoms with Gasteiger partial charge in [-0.05, 0) is 31.1 Å². The van der Waals surface area contributed by atoms with Crippen LogP contribution in [-0.4, -0.2) is 23.1 Å². The second-order valence-electron chi connectivity index (χ2n) is 7.64. The van der Waals surface area contributed by atoms with E-state index in [0.717, 1.165) is 49.5 Å². The highest BCUT2D eigenvalue weighted by Crippen LogP contribution is 2.31. The molecule has 2 N–H and O–H groups in total. The summed E-state index contributed by atoms with van der Waals surface area (Å²) in [5.74, 6) is 0.797. The molecule has 5 nitrogen and oxygen atoms in total. The lowest BCUT2D eigenvalue weighted by atomic mass is 9.81. The molecule has 2 rings (SSSR count). The van der Waals surface area contributed by atoms with Crippen molar-refractivity contribution >= 4 is 12.0 Å². The first kappa shape index (κ1) is 19.1. The van der Waals surface area contributed by atoms with Crippen molar-refractivity contribution in [1.82, 2.24) is 5.06 Å². The zero-order chi connectivity index (χ0) is 17.4. The molecule has 0 aromatic rings. The van der Waals surface area contributed by atoms with Crippen LogP contribution in [0.5, 0.6) is 0 Å². The van der Waals surface area contributed by atoms with Gasteiger partial charge in [0, 0.05) is 0 Å². The van der Waals surface area contributed by atoms with Crippen LogP contribution in [0.1, 0.15) is 90.4 Å². The molecule has 138 valence electrons. The van der Waals surface area contributed by atoms with Crippen LogP contribution in [-0.2, 0) is 9.63 Å². The fourth-order valence-electron chi connectivity index (χ4n) is 4.29. The van der Waals surface area contributed by atoms with Gasteiger partial charge in [0.25, 0.3) is 0 Å². The molecular formula is C19H34N2O3. The number of rotatable bonds is 6. The summed E-state index contributed by atoms with van der Waals surface area (Å²) in [5, 5.41) is 1.15. The maximum atomic E-state index is 12.3. The Hall–Kier alpha value is -1.26. The lowest BCUT2D eigenvalue weighted by molar-refractivity contribution is -0.187. The summed E-state index contributed by atoms with van der Waals surface area (Å²) in [7, 11) is 0. The van der Waals surface area contributed by atoms with Crippen LogP contribution in [0.25, 0.3) is 0 Å². The molecule has 5 heteroatoms. The summed E-state index contributed by atoms with van der Waals surface area (Å²) < 4.78 is 0. The van der Waals surface area contributed by atoms with Gasteiger partial charge in [-0.3, -0.25) is 0 Å². The van der Waals surface area contributed by atoms with E-state index < -0.39 is 6.03 Å². The normalized spacial score (nSPS) is 21.2. The predicted molar refractivity (Wildman–Crippen MR) is 94.0 cm³/mol. The fourth-order valence-corrected chi connectivity index (χ4v) is 4.29. The summed E-state index contributed by atoms with van der Waals surface area (Å²) in [6.45, 7) is 2.13. The van der Waals surface area contributed by atoms with Gasteiger partial charge in [-0.2, -0.15) is 5.06 Å². The molecule has 0 saturated heterocycles. The lowest BCUT2D eigenvalue weighted by Crippen LogP contribution is -2.45. The molecule has 0 spiro atoms. The Kier molecular flexibility index (Phi) is 7.86. The summed E-state index contributed by atoms with van der Waals surface area (Å²) in [6.07, 6.45) is 14.1. The van der Waals surface area contributed by atoms with E-state index in [9.17, 15) is 9.59 Å². The topological polar surface area (TPSA) is 72.6 Å². The van der Waals surface area contributed by atoms with Crippen LogP contribution in [0, 0.1) is 11.8 Å². The molecule has 0 aromatic heterocycles. The summed E-state index contributed by atoms with van der Waals surface area (Å²) in [4.78, 5) is 29.4. The molecule has 1 atom stereocenters. The summed E-state index contributed by atoms with van der Waals surface area (Å²) in [5.41, 5.74) is 5.44. The van der Waals surface area contributed by atoms with Crippen LogP contribution in [0.2, 0.25) is 0 Å². The number of amides is 2. The van der Waals surface area contributed by atoms with Crippen LogP contribution >= 0.6 is 0 Å². The Labute approximate surface area is 146 Å². The zero-order valence-corrected chi connectivity index (χ0v) is 15.2. The molecule has 24 heavy (non-hydrogen) atoms. The molecular weight excluding hydrogens is 304 g/mol. The molecule has 0 aromatic carbocycles. The molecule has 2 aliphatic carbocycles. The molecule has 0 heterocycles. The van der Waals surface area contributed by atoms with Crippen LogP contribution < -0.4 is 5.73 Å². The highest BCUT2D eigenvalue weighted by molar-refractivity contribution is 5.75. The van der Waals surface area contributed by atoms with Gasteiger partial charge in [-0.1, -0.05) is 64.7 Å². The van der Waals surface area contributed by atoms with E-state index in [2.05, 4.69) is 6.92 Å². The first-order valence-corrected chi connectivity index (χ1v) is 9.89. The van der Waals surface area contributed by atoms with E-state index in [1.807, 2.05) is 0 Å². The van der Waals surface area contributed by atoms with Crippen molar-refractivity contribution in [2.75, 3.05) is 0 Å². The Morgan fingerprint density at radius 1 is 1.04 bits per heavy atom. The van der Waals surface area contributed by atoms with Gasteiger partial charge < -0.3 is 10.6 Å². The lowest BCUT2D eigenvalue weighted by Gasteiger charge is -2.31. The highest BCUT2D eigenvalue weighted by Gasteiger charge is 2.29. The minimum absolute atomic E-state index is 0.0429. The van der Waals surface area contributed by atoms with Crippen molar-refractivity contribution in [1.29, 1.82) is 0 Å². The highest BCUT2D eigenvalue weighted by atomic mass is 16.7. The van der Waals surface area contributed by atoms with Gasteiger partial charge >= 0.3 is 12.0 Å². The van der Waals surface area contributed by atoms with E-state index in [1.165, 1.54) is 38.5 Å². The van der Waals surface area contributed by atoms with Crippen molar-refractivity contribution < 1.29 is 14.4 Å². The molecule has 2 saturated carbocycles. The maximum absolute atomic E-state index is 12.3. The Morgan fingerprint density at radius 2 is 1.62 bits per heavy atom. The van der Waals surface area contributed by atoms with Gasteiger partial charge in [0.2, 0.25) is 0 Å². The molecule has 2 fully saturated rings. The first-order chi connectivity index (χ1) is 11.6. The molecule has 1 unspecified atom stereocenters. The van der Waals surface area contributed by atoms with Crippen molar-refractivity contribution in [3.63, 3.8) is 0 Å². The Balaban J connectivity index is 1.82. The SMILES string of the molecule is CCC(CC(=O)ON(C(N)=O)C1CCCCC1)CC1CCCCC1. The summed E-state index contributed by atoms with van der Waals surface area (Å²) in [6, 6.07) is -0.686. The predicted octanol–water partition coefficient (Wildman–Crippen LogP) is 4.54. The second-order valence-corrected chi connectivity index (χ2v) is 7.64. The third-order valence-corrected chi connectivity index (χ3v) is 5.75. The quantitative estimate of drug-likeness (QED) is 0.722. The largest absolute Gasteiger partial charge is 0.349 e. The molecule has 0 radical (unpaired) electrons. The average Bonchev–Trinajstić information content (AvgIpc) is 2.60. The number of nitrogens with two attached hydrogens (primary N) is 1. The Bertz CT molecular complexity index is 401. The fraction of sp³-hybridized carbons (Fsp3) is 0.895. The van der Waals surface area contributed by atoms with Crippen molar-refractivity contribution in [3.8, 4) is 0 Å². The van der Waals surface area contributed by atoms with Gasteiger partial charge in [-0.15, -0.1) is 0 Å². The smallest absolute Gasteiger partial charge is 0.348 e. The third-order valence-electron chi connectivity index (χ3n) is 5.75. The number of hydrogen-bond donors (Lipinski definition) is 1. The third kappa shape index (κ3) is 5.99. The van der Waals surface area contributed by atoms with Gasteiger partial charge in [0.15, 0.2) is 0 Å².